The number of hydrogen-bond acceptors (Lipinski definition) is 6. The summed E-state index contributed by atoms with van der Waals surface area (Å²) in [6.07, 6.45) is 2.41. The second-order valence-electron chi connectivity index (χ2n) is 4.46. The first kappa shape index (κ1) is 12.2. The lowest BCUT2D eigenvalue weighted by Gasteiger charge is -2.18. The molecule has 3 N–H and O–H groups in total. The van der Waals surface area contributed by atoms with Crippen molar-refractivity contribution in [3.05, 3.63) is 10.7 Å². The summed E-state index contributed by atoms with van der Waals surface area (Å²) in [6.45, 7) is 0.469. The summed E-state index contributed by atoms with van der Waals surface area (Å²) in [4.78, 5) is 27.9. The number of amides is 1. The van der Waals surface area contributed by atoms with Crippen molar-refractivity contribution in [3.63, 3.8) is 0 Å². The molecular formula is C11H10BrN5O2. The third-order valence-corrected chi connectivity index (χ3v) is 3.79. The van der Waals surface area contributed by atoms with Crippen LogP contribution in [-0.2, 0) is 9.59 Å². The zero-order chi connectivity index (χ0) is 13.6. The molecule has 0 spiro atoms. The van der Waals surface area contributed by atoms with E-state index in [9.17, 15) is 9.59 Å². The van der Waals surface area contributed by atoms with E-state index < -0.39 is 0 Å². The number of rotatable bonds is 1. The van der Waals surface area contributed by atoms with Gasteiger partial charge in [-0.05, 0) is 28.4 Å². The summed E-state index contributed by atoms with van der Waals surface area (Å²) in [6, 6.07) is 0. The number of halogens is 1. The maximum atomic E-state index is 11.9. The molecule has 8 heteroatoms. The molecule has 2 unspecified atom stereocenters. The number of nitrogens with two attached hydrogens (primary N) is 1. The normalized spacial score (nSPS) is 29.9. The third-order valence-electron chi connectivity index (χ3n) is 3.35. The Bertz CT molecular complexity index is 604. The number of hydrogen-bond donors (Lipinski definition) is 2. The number of nitrogens with one attached hydrogen (secondary N) is 1. The highest BCUT2D eigenvalue weighted by molar-refractivity contribution is 9.11. The molecule has 1 fully saturated rings. The van der Waals surface area contributed by atoms with E-state index >= 15 is 0 Å². The SMILES string of the molecule is NC1=NN=C(C2CCNC(=O)C3=NC(Br)=CC32)C1=O. The summed E-state index contributed by atoms with van der Waals surface area (Å²) in [7, 11) is 0. The summed E-state index contributed by atoms with van der Waals surface area (Å²) < 4.78 is 0.592. The van der Waals surface area contributed by atoms with Crippen LogP contribution in [0.25, 0.3) is 0 Å². The summed E-state index contributed by atoms with van der Waals surface area (Å²) in [5.74, 6) is -1.16. The molecule has 0 aromatic heterocycles. The maximum absolute atomic E-state index is 11.9. The van der Waals surface area contributed by atoms with Crippen molar-refractivity contribution in [3.8, 4) is 0 Å². The van der Waals surface area contributed by atoms with E-state index in [1.165, 1.54) is 0 Å². The minimum atomic E-state index is -0.352. The van der Waals surface area contributed by atoms with Crippen LogP contribution >= 0.6 is 15.9 Å². The van der Waals surface area contributed by atoms with Gasteiger partial charge in [0, 0.05) is 18.4 Å². The van der Waals surface area contributed by atoms with Crippen LogP contribution in [0.2, 0.25) is 0 Å². The zero-order valence-electron chi connectivity index (χ0n) is 9.76. The molecule has 3 rings (SSSR count). The highest BCUT2D eigenvalue weighted by Crippen LogP contribution is 2.32. The Hall–Kier alpha value is -1.83. The smallest absolute Gasteiger partial charge is 0.266 e. The lowest BCUT2D eigenvalue weighted by Crippen LogP contribution is -2.37. The number of allylic oxidation sites excluding steroid dienone is 1. The monoisotopic (exact) mass is 323 g/mol. The van der Waals surface area contributed by atoms with Crippen LogP contribution in [0.5, 0.6) is 0 Å². The number of carbonyl (C=O) groups is 2. The van der Waals surface area contributed by atoms with E-state index in [0.29, 0.717) is 29.0 Å². The number of nitrogens with zero attached hydrogens (tertiary/aromatic N) is 3. The predicted octanol–water partition coefficient (Wildman–Crippen LogP) is -0.275. The lowest BCUT2D eigenvalue weighted by molar-refractivity contribution is -0.114. The van der Waals surface area contributed by atoms with Crippen LogP contribution < -0.4 is 11.1 Å². The Morgan fingerprint density at radius 2 is 2.11 bits per heavy atom. The number of Topliss-reactive ketones (excluding diaryl/α,β-unsaturated/α-hetero) is 1. The van der Waals surface area contributed by atoms with E-state index in [1.54, 1.807) is 0 Å². The third kappa shape index (κ3) is 1.92. The number of fused-ring (bicyclic) bond motifs is 1. The minimum absolute atomic E-state index is 0.0990. The van der Waals surface area contributed by atoms with Crippen LogP contribution in [0.3, 0.4) is 0 Å². The average molecular weight is 324 g/mol. The first-order valence-corrected chi connectivity index (χ1v) is 6.57. The molecule has 7 nitrogen and oxygen atoms in total. The van der Waals surface area contributed by atoms with Gasteiger partial charge < -0.3 is 11.1 Å². The second kappa shape index (κ2) is 4.37. The molecular weight excluding hydrogens is 314 g/mol. The fourth-order valence-electron chi connectivity index (χ4n) is 2.45. The van der Waals surface area contributed by atoms with Gasteiger partial charge in [0.05, 0.1) is 0 Å². The average Bonchev–Trinajstić information content (AvgIpc) is 2.87. The Labute approximate surface area is 116 Å². The molecule has 3 heterocycles. The van der Waals surface area contributed by atoms with Gasteiger partial charge in [-0.2, -0.15) is 0 Å². The molecule has 3 aliphatic rings. The van der Waals surface area contributed by atoms with E-state index in [0.717, 1.165) is 0 Å². The fourth-order valence-corrected chi connectivity index (χ4v) is 2.93. The van der Waals surface area contributed by atoms with E-state index in [-0.39, 0.29) is 29.4 Å². The van der Waals surface area contributed by atoms with E-state index in [4.69, 9.17) is 5.73 Å². The van der Waals surface area contributed by atoms with Crippen LogP contribution in [0.4, 0.5) is 0 Å². The van der Waals surface area contributed by atoms with Crippen LogP contribution in [0.1, 0.15) is 6.42 Å². The van der Waals surface area contributed by atoms with Crippen molar-refractivity contribution in [2.24, 2.45) is 32.8 Å². The van der Waals surface area contributed by atoms with Crippen molar-refractivity contribution in [1.82, 2.24) is 5.32 Å². The van der Waals surface area contributed by atoms with Crippen LogP contribution in [-0.4, -0.2) is 35.5 Å². The Balaban J connectivity index is 1.96. The van der Waals surface area contributed by atoms with Gasteiger partial charge in [-0.1, -0.05) is 0 Å². The largest absolute Gasteiger partial charge is 0.379 e. The molecule has 1 saturated heterocycles. The summed E-state index contributed by atoms with van der Waals surface area (Å²) in [5, 5.41) is 10.2. The van der Waals surface area contributed by atoms with Crippen LogP contribution in [0.15, 0.2) is 25.9 Å². The fraction of sp³-hybridized carbons (Fsp3) is 0.364. The molecule has 1 amide bonds. The molecule has 0 aromatic rings. The molecule has 0 aliphatic carbocycles. The lowest BCUT2D eigenvalue weighted by atomic mass is 9.82. The molecule has 3 aliphatic heterocycles. The first-order chi connectivity index (χ1) is 9.08. The summed E-state index contributed by atoms with van der Waals surface area (Å²) >= 11 is 3.26. The maximum Gasteiger partial charge on any atom is 0.266 e. The zero-order valence-corrected chi connectivity index (χ0v) is 11.3. The van der Waals surface area contributed by atoms with Crippen molar-refractivity contribution >= 4 is 44.9 Å². The molecule has 19 heavy (non-hydrogen) atoms. The minimum Gasteiger partial charge on any atom is -0.379 e. The molecule has 0 bridgehead atoms. The molecule has 0 saturated carbocycles. The Morgan fingerprint density at radius 3 is 2.79 bits per heavy atom. The van der Waals surface area contributed by atoms with Crippen molar-refractivity contribution in [2.75, 3.05) is 6.54 Å². The van der Waals surface area contributed by atoms with Crippen LogP contribution in [0, 0.1) is 11.8 Å². The van der Waals surface area contributed by atoms with Gasteiger partial charge in [-0.25, -0.2) is 4.99 Å². The highest BCUT2D eigenvalue weighted by atomic mass is 79.9. The van der Waals surface area contributed by atoms with Gasteiger partial charge in [0.1, 0.15) is 16.0 Å². The van der Waals surface area contributed by atoms with Gasteiger partial charge >= 0.3 is 0 Å². The standard InChI is InChI=1S/C11H10BrN5O2/c12-6-3-5-4(7-9(18)10(13)17-16-7)1-2-14-11(19)8(5)15-6/h3-5H,1-2H2,(H,14,19)(H2,13,17,18). The topological polar surface area (TPSA) is 109 Å². The van der Waals surface area contributed by atoms with Gasteiger partial charge in [-0.15, -0.1) is 10.2 Å². The van der Waals surface area contributed by atoms with Gasteiger partial charge in [0.15, 0.2) is 5.84 Å². The van der Waals surface area contributed by atoms with E-state index in [1.807, 2.05) is 6.08 Å². The van der Waals surface area contributed by atoms with Gasteiger partial charge in [-0.3, -0.25) is 9.59 Å². The first-order valence-electron chi connectivity index (χ1n) is 5.77. The van der Waals surface area contributed by atoms with E-state index in [2.05, 4.69) is 36.4 Å². The molecule has 2 atom stereocenters. The second-order valence-corrected chi connectivity index (χ2v) is 5.28. The molecule has 98 valence electrons. The number of ketones is 1. The Morgan fingerprint density at radius 1 is 1.32 bits per heavy atom. The van der Waals surface area contributed by atoms with Crippen molar-refractivity contribution < 1.29 is 9.59 Å². The number of amidine groups is 1. The van der Waals surface area contributed by atoms with Gasteiger partial charge in [0.25, 0.3) is 5.91 Å². The highest BCUT2D eigenvalue weighted by Gasteiger charge is 2.41. The molecule has 0 radical (unpaired) electrons. The van der Waals surface area contributed by atoms with Crippen molar-refractivity contribution in [1.29, 1.82) is 0 Å². The quantitative estimate of drug-likeness (QED) is 0.648. The van der Waals surface area contributed by atoms with Crippen molar-refractivity contribution in [2.45, 2.75) is 6.42 Å². The summed E-state index contributed by atoms with van der Waals surface area (Å²) in [5.41, 5.74) is 6.16. The number of carbonyl (C=O) groups excluding carboxylic acids is 2. The number of aliphatic imine (C=N–C) groups is 1. The molecule has 0 aromatic carbocycles. The predicted molar refractivity (Wildman–Crippen MR) is 73.1 cm³/mol. The Kier molecular flexibility index (Phi) is 2.81. The van der Waals surface area contributed by atoms with Gasteiger partial charge in [0.2, 0.25) is 5.78 Å².